The van der Waals surface area contributed by atoms with Crippen LogP contribution in [0.3, 0.4) is 0 Å². The lowest BCUT2D eigenvalue weighted by atomic mass is 9.90. The van der Waals surface area contributed by atoms with Gasteiger partial charge >= 0.3 is 18.0 Å². The second kappa shape index (κ2) is 8.73. The number of benzene rings is 1. The maximum atomic E-state index is 12.3. The van der Waals surface area contributed by atoms with Crippen molar-refractivity contribution in [3.8, 4) is 0 Å². The fourth-order valence-electron chi connectivity index (χ4n) is 2.82. The Kier molecular flexibility index (Phi) is 6.61. The van der Waals surface area contributed by atoms with Crippen LogP contribution >= 0.6 is 0 Å². The summed E-state index contributed by atoms with van der Waals surface area (Å²) >= 11 is 0. The molecule has 0 saturated carbocycles. The Morgan fingerprint density at radius 2 is 1.89 bits per heavy atom. The molecular formula is C19H25N3O6. The average Bonchev–Trinajstić information content (AvgIpc) is 3.06. The summed E-state index contributed by atoms with van der Waals surface area (Å²) in [4.78, 5) is 48.8. The Morgan fingerprint density at radius 1 is 1.25 bits per heavy atom. The van der Waals surface area contributed by atoms with E-state index >= 15 is 0 Å². The van der Waals surface area contributed by atoms with Crippen molar-refractivity contribution in [3.63, 3.8) is 0 Å². The Balaban J connectivity index is 1.92. The highest BCUT2D eigenvalue weighted by atomic mass is 16.5. The minimum atomic E-state index is -0.936. The van der Waals surface area contributed by atoms with E-state index in [9.17, 15) is 24.3 Å². The van der Waals surface area contributed by atoms with Gasteiger partial charge < -0.3 is 25.4 Å². The Bertz CT molecular complexity index is 763. The molecule has 3 N–H and O–H groups in total. The van der Waals surface area contributed by atoms with Gasteiger partial charge in [0.05, 0.1) is 12.0 Å². The van der Waals surface area contributed by atoms with E-state index < -0.39 is 35.3 Å². The standard InChI is InChI=1S/C19H25N3O6/c1-4-28-16(24)12(2)20-15(23)13-5-7-14(8-6-13)21-18(27)22-10-9-19(3,11-22)17(25)26/h5-8,12H,4,9-11H2,1-3H3,(H,20,23)(H,21,27)(H,25,26). The lowest BCUT2D eigenvalue weighted by Crippen LogP contribution is -2.39. The van der Waals surface area contributed by atoms with Crippen LogP contribution in [0.2, 0.25) is 0 Å². The normalized spacial score (nSPS) is 19.6. The third-order valence-corrected chi connectivity index (χ3v) is 4.66. The van der Waals surface area contributed by atoms with Crippen LogP contribution in [-0.4, -0.2) is 59.6 Å². The molecule has 0 radical (unpaired) electrons. The quantitative estimate of drug-likeness (QED) is 0.634. The second-order valence-corrected chi connectivity index (χ2v) is 6.99. The minimum Gasteiger partial charge on any atom is -0.481 e. The van der Waals surface area contributed by atoms with Crippen LogP contribution in [0.15, 0.2) is 24.3 Å². The zero-order valence-electron chi connectivity index (χ0n) is 16.2. The Labute approximate surface area is 163 Å². The van der Waals surface area contributed by atoms with E-state index in [0.717, 1.165) is 0 Å². The van der Waals surface area contributed by atoms with Gasteiger partial charge in [-0.1, -0.05) is 0 Å². The van der Waals surface area contributed by atoms with Crippen molar-refractivity contribution in [1.29, 1.82) is 0 Å². The molecule has 28 heavy (non-hydrogen) atoms. The van der Waals surface area contributed by atoms with Crippen molar-refractivity contribution in [3.05, 3.63) is 29.8 Å². The Hall–Kier alpha value is -3.10. The molecule has 1 aliphatic rings. The molecule has 1 aromatic carbocycles. The van der Waals surface area contributed by atoms with Crippen LogP contribution in [0.1, 0.15) is 37.6 Å². The first-order chi connectivity index (χ1) is 13.2. The van der Waals surface area contributed by atoms with Gasteiger partial charge in [-0.05, 0) is 51.5 Å². The smallest absolute Gasteiger partial charge is 0.328 e. The molecule has 0 aromatic heterocycles. The number of nitrogens with zero attached hydrogens (tertiary/aromatic N) is 1. The number of anilines is 1. The molecule has 0 bridgehead atoms. The molecule has 1 fully saturated rings. The molecule has 9 nitrogen and oxygen atoms in total. The summed E-state index contributed by atoms with van der Waals surface area (Å²) in [6.07, 6.45) is 0.396. The van der Waals surface area contributed by atoms with Gasteiger partial charge in [0.2, 0.25) is 0 Å². The molecule has 0 aliphatic carbocycles. The lowest BCUT2D eigenvalue weighted by molar-refractivity contribution is -0.147. The molecule has 1 saturated heterocycles. The summed E-state index contributed by atoms with van der Waals surface area (Å²) in [5, 5.41) is 14.5. The first kappa shape index (κ1) is 21.2. The molecule has 2 unspecified atom stereocenters. The van der Waals surface area contributed by atoms with E-state index in [1.807, 2.05) is 0 Å². The summed E-state index contributed by atoms with van der Waals surface area (Å²) in [7, 11) is 0. The number of ether oxygens (including phenoxy) is 1. The summed E-state index contributed by atoms with van der Waals surface area (Å²) in [5.41, 5.74) is -0.132. The van der Waals surface area contributed by atoms with E-state index in [0.29, 0.717) is 24.2 Å². The number of amides is 3. The number of hydrogen-bond donors (Lipinski definition) is 3. The number of rotatable bonds is 6. The minimum absolute atomic E-state index is 0.139. The van der Waals surface area contributed by atoms with Gasteiger partial charge in [0.1, 0.15) is 6.04 Å². The second-order valence-electron chi connectivity index (χ2n) is 6.99. The van der Waals surface area contributed by atoms with Crippen molar-refractivity contribution in [1.82, 2.24) is 10.2 Å². The molecule has 3 amide bonds. The van der Waals surface area contributed by atoms with Crippen molar-refractivity contribution in [2.24, 2.45) is 5.41 Å². The monoisotopic (exact) mass is 391 g/mol. The van der Waals surface area contributed by atoms with Gasteiger partial charge in [0, 0.05) is 24.3 Å². The number of nitrogens with one attached hydrogen (secondary N) is 2. The predicted octanol–water partition coefficient (Wildman–Crippen LogP) is 1.70. The highest BCUT2D eigenvalue weighted by molar-refractivity contribution is 5.97. The number of carbonyl (C=O) groups excluding carboxylic acids is 3. The third kappa shape index (κ3) is 4.99. The molecular weight excluding hydrogens is 366 g/mol. The number of urea groups is 1. The SMILES string of the molecule is CCOC(=O)C(C)NC(=O)c1ccc(NC(=O)N2CCC(C)(C(=O)O)C2)cc1. The summed E-state index contributed by atoms with van der Waals surface area (Å²) in [5.74, 6) is -1.87. The molecule has 1 aromatic rings. The van der Waals surface area contributed by atoms with Gasteiger partial charge in [-0.15, -0.1) is 0 Å². The Morgan fingerprint density at radius 3 is 2.43 bits per heavy atom. The number of carboxylic acid groups (broad SMARTS) is 1. The molecule has 1 heterocycles. The van der Waals surface area contributed by atoms with Crippen LogP contribution < -0.4 is 10.6 Å². The number of carboxylic acids is 1. The van der Waals surface area contributed by atoms with E-state index in [1.54, 1.807) is 26.0 Å². The van der Waals surface area contributed by atoms with E-state index in [1.165, 1.54) is 24.0 Å². The van der Waals surface area contributed by atoms with Gasteiger partial charge in [-0.2, -0.15) is 0 Å². The number of aliphatic carboxylic acids is 1. The van der Waals surface area contributed by atoms with Crippen LogP contribution in [0.5, 0.6) is 0 Å². The predicted molar refractivity (Wildman–Crippen MR) is 101 cm³/mol. The third-order valence-electron chi connectivity index (χ3n) is 4.66. The van der Waals surface area contributed by atoms with Crippen molar-refractivity contribution in [2.45, 2.75) is 33.2 Å². The summed E-state index contributed by atoms with van der Waals surface area (Å²) in [6, 6.07) is 5.01. The average molecular weight is 391 g/mol. The lowest BCUT2D eigenvalue weighted by Gasteiger charge is -2.20. The molecule has 9 heteroatoms. The van der Waals surface area contributed by atoms with Gasteiger partial charge in [0.25, 0.3) is 5.91 Å². The van der Waals surface area contributed by atoms with Crippen molar-refractivity contribution < 1.29 is 29.0 Å². The molecule has 2 rings (SSSR count). The van der Waals surface area contributed by atoms with Crippen LogP contribution in [0.4, 0.5) is 10.5 Å². The van der Waals surface area contributed by atoms with Crippen LogP contribution in [-0.2, 0) is 14.3 Å². The zero-order chi connectivity index (χ0) is 20.9. The highest BCUT2D eigenvalue weighted by Crippen LogP contribution is 2.30. The molecule has 1 aliphatic heterocycles. The fraction of sp³-hybridized carbons (Fsp3) is 0.474. The highest BCUT2D eigenvalue weighted by Gasteiger charge is 2.42. The van der Waals surface area contributed by atoms with E-state index in [4.69, 9.17) is 4.74 Å². The number of likely N-dealkylation sites (tertiary alicyclic amines) is 1. The summed E-state index contributed by atoms with van der Waals surface area (Å²) < 4.78 is 4.84. The molecule has 2 atom stereocenters. The van der Waals surface area contributed by atoms with E-state index in [-0.39, 0.29) is 13.2 Å². The maximum absolute atomic E-state index is 12.3. The topological polar surface area (TPSA) is 125 Å². The van der Waals surface area contributed by atoms with Crippen LogP contribution in [0, 0.1) is 5.41 Å². The van der Waals surface area contributed by atoms with Crippen LogP contribution in [0.25, 0.3) is 0 Å². The van der Waals surface area contributed by atoms with Gasteiger partial charge in [-0.25, -0.2) is 9.59 Å². The van der Waals surface area contributed by atoms with Gasteiger partial charge in [-0.3, -0.25) is 9.59 Å². The fourth-order valence-corrected chi connectivity index (χ4v) is 2.82. The molecule has 152 valence electrons. The molecule has 0 spiro atoms. The first-order valence-electron chi connectivity index (χ1n) is 9.03. The van der Waals surface area contributed by atoms with Crippen molar-refractivity contribution >= 4 is 29.6 Å². The van der Waals surface area contributed by atoms with Crippen molar-refractivity contribution in [2.75, 3.05) is 25.0 Å². The van der Waals surface area contributed by atoms with E-state index in [2.05, 4.69) is 10.6 Å². The maximum Gasteiger partial charge on any atom is 0.328 e. The van der Waals surface area contributed by atoms with Gasteiger partial charge in [0.15, 0.2) is 0 Å². The number of carbonyl (C=O) groups is 4. The largest absolute Gasteiger partial charge is 0.481 e. The first-order valence-corrected chi connectivity index (χ1v) is 9.03. The number of esters is 1. The summed E-state index contributed by atoms with van der Waals surface area (Å²) in [6.45, 7) is 5.57. The number of hydrogen-bond acceptors (Lipinski definition) is 5. The zero-order valence-corrected chi connectivity index (χ0v) is 16.2.